The molecule has 0 aliphatic heterocycles. The predicted octanol–water partition coefficient (Wildman–Crippen LogP) is 1.00. The van der Waals surface area contributed by atoms with E-state index < -0.39 is 0 Å². The highest BCUT2D eigenvalue weighted by Crippen LogP contribution is 2.19. The first-order chi connectivity index (χ1) is 9.15. The molecule has 0 amide bonds. The molecule has 2 aromatic rings. The highest BCUT2D eigenvalue weighted by atomic mass is 16.4. The van der Waals surface area contributed by atoms with Gasteiger partial charge in [0.15, 0.2) is 5.82 Å². The van der Waals surface area contributed by atoms with Crippen LogP contribution in [0.4, 0.5) is 5.82 Å². The topological polar surface area (TPSA) is 92.0 Å². The van der Waals surface area contributed by atoms with Crippen molar-refractivity contribution in [2.75, 3.05) is 18.0 Å². The van der Waals surface area contributed by atoms with E-state index in [1.165, 1.54) is 0 Å². The molecule has 0 radical (unpaired) electrons. The van der Waals surface area contributed by atoms with Gasteiger partial charge in [0.1, 0.15) is 11.4 Å². The van der Waals surface area contributed by atoms with Gasteiger partial charge in [-0.25, -0.2) is 9.50 Å². The predicted molar refractivity (Wildman–Crippen MR) is 73.6 cm³/mol. The van der Waals surface area contributed by atoms with Crippen molar-refractivity contribution in [1.29, 1.82) is 0 Å². The minimum absolute atomic E-state index is 0.218. The lowest BCUT2D eigenvalue weighted by molar-refractivity contribution is 0.317. The van der Waals surface area contributed by atoms with Crippen LogP contribution >= 0.6 is 0 Å². The second-order valence-electron chi connectivity index (χ2n) is 4.29. The fraction of sp³-hybridized carbons (Fsp3) is 0.417. The Morgan fingerprint density at radius 3 is 3.05 bits per heavy atom. The number of fused-ring (bicyclic) bond motifs is 1. The van der Waals surface area contributed by atoms with E-state index in [0.717, 1.165) is 23.6 Å². The molecule has 0 unspecified atom stereocenters. The molecular formula is C12H18N6O. The van der Waals surface area contributed by atoms with E-state index in [1.54, 1.807) is 6.20 Å². The van der Waals surface area contributed by atoms with Crippen molar-refractivity contribution in [3.63, 3.8) is 0 Å². The van der Waals surface area contributed by atoms with Crippen molar-refractivity contribution < 1.29 is 5.21 Å². The number of aromatic nitrogens is 3. The summed E-state index contributed by atoms with van der Waals surface area (Å²) in [7, 11) is 0. The Balaban J connectivity index is 2.29. The van der Waals surface area contributed by atoms with Gasteiger partial charge in [0.2, 0.25) is 0 Å². The van der Waals surface area contributed by atoms with E-state index >= 15 is 0 Å². The third-order valence-corrected chi connectivity index (χ3v) is 2.94. The second-order valence-corrected chi connectivity index (χ2v) is 4.29. The standard InChI is InChI=1S/C12H18N6O/c1-3-17(6-4-11(13)16-19)12-10-8-9(2)15-18(10)7-5-14-12/h5,7-8,19H,3-4,6H2,1-2H3,(H2,13,16). The lowest BCUT2D eigenvalue weighted by Crippen LogP contribution is -2.29. The summed E-state index contributed by atoms with van der Waals surface area (Å²) in [5.41, 5.74) is 7.41. The van der Waals surface area contributed by atoms with Crippen molar-refractivity contribution >= 4 is 17.2 Å². The smallest absolute Gasteiger partial charge is 0.154 e. The van der Waals surface area contributed by atoms with Gasteiger partial charge in [-0.05, 0) is 19.9 Å². The van der Waals surface area contributed by atoms with Crippen LogP contribution in [0.3, 0.4) is 0 Å². The lowest BCUT2D eigenvalue weighted by Gasteiger charge is -2.22. The summed E-state index contributed by atoms with van der Waals surface area (Å²) in [6.07, 6.45) is 4.03. The van der Waals surface area contributed by atoms with Gasteiger partial charge in [0.25, 0.3) is 0 Å². The Hall–Kier alpha value is -2.31. The molecule has 0 aliphatic carbocycles. The number of anilines is 1. The van der Waals surface area contributed by atoms with Crippen molar-refractivity contribution in [3.05, 3.63) is 24.2 Å². The lowest BCUT2D eigenvalue weighted by atomic mass is 10.3. The molecule has 0 aliphatic rings. The molecule has 0 saturated carbocycles. The monoisotopic (exact) mass is 262 g/mol. The van der Waals surface area contributed by atoms with E-state index in [2.05, 4.69) is 20.1 Å². The first kappa shape index (κ1) is 13.1. The summed E-state index contributed by atoms with van der Waals surface area (Å²) < 4.78 is 1.81. The summed E-state index contributed by atoms with van der Waals surface area (Å²) in [5, 5.41) is 15.9. The summed E-state index contributed by atoms with van der Waals surface area (Å²) in [4.78, 5) is 6.49. The maximum Gasteiger partial charge on any atom is 0.154 e. The Kier molecular flexibility index (Phi) is 3.84. The Morgan fingerprint density at radius 1 is 1.58 bits per heavy atom. The molecule has 2 heterocycles. The molecule has 0 spiro atoms. The highest BCUT2D eigenvalue weighted by Gasteiger charge is 2.12. The van der Waals surface area contributed by atoms with Crippen molar-refractivity contribution in [3.8, 4) is 0 Å². The number of nitrogens with two attached hydrogens (primary N) is 1. The highest BCUT2D eigenvalue weighted by molar-refractivity contribution is 5.80. The average Bonchev–Trinajstić information content (AvgIpc) is 2.79. The molecule has 2 aromatic heterocycles. The van der Waals surface area contributed by atoms with Crippen LogP contribution < -0.4 is 10.6 Å². The number of hydrogen-bond donors (Lipinski definition) is 2. The Labute approximate surface area is 111 Å². The number of oxime groups is 1. The summed E-state index contributed by atoms with van der Waals surface area (Å²) >= 11 is 0. The van der Waals surface area contributed by atoms with E-state index in [-0.39, 0.29) is 5.84 Å². The summed E-state index contributed by atoms with van der Waals surface area (Å²) in [6.45, 7) is 5.42. The van der Waals surface area contributed by atoms with E-state index in [1.807, 2.05) is 30.6 Å². The zero-order chi connectivity index (χ0) is 13.8. The zero-order valence-electron chi connectivity index (χ0n) is 11.1. The maximum atomic E-state index is 8.58. The SMILES string of the molecule is CCN(CC/C(N)=N/O)c1nccn2nc(C)cc12. The molecule has 7 nitrogen and oxygen atoms in total. The van der Waals surface area contributed by atoms with Gasteiger partial charge in [-0.15, -0.1) is 0 Å². The molecule has 0 bridgehead atoms. The van der Waals surface area contributed by atoms with E-state index in [9.17, 15) is 0 Å². The number of rotatable bonds is 5. The Bertz CT molecular complexity index is 591. The molecular weight excluding hydrogens is 244 g/mol. The van der Waals surface area contributed by atoms with E-state index in [0.29, 0.717) is 13.0 Å². The summed E-state index contributed by atoms with van der Waals surface area (Å²) in [5.74, 6) is 1.08. The van der Waals surface area contributed by atoms with Gasteiger partial charge in [0, 0.05) is 31.9 Å². The number of aryl methyl sites for hydroxylation is 1. The maximum absolute atomic E-state index is 8.58. The molecule has 0 aromatic carbocycles. The quantitative estimate of drug-likeness (QED) is 0.363. The van der Waals surface area contributed by atoms with Gasteiger partial charge in [0.05, 0.1) is 5.69 Å². The second kappa shape index (κ2) is 5.55. The molecule has 3 N–H and O–H groups in total. The van der Waals surface area contributed by atoms with Gasteiger partial charge < -0.3 is 15.8 Å². The number of amidine groups is 1. The largest absolute Gasteiger partial charge is 0.409 e. The third kappa shape index (κ3) is 2.75. The average molecular weight is 262 g/mol. The van der Waals surface area contributed by atoms with Crippen LogP contribution in [0.15, 0.2) is 23.6 Å². The van der Waals surface area contributed by atoms with Crippen molar-refractivity contribution in [1.82, 2.24) is 14.6 Å². The van der Waals surface area contributed by atoms with Crippen molar-refractivity contribution in [2.45, 2.75) is 20.3 Å². The van der Waals surface area contributed by atoms with Crippen LogP contribution in [-0.2, 0) is 0 Å². The number of hydrogen-bond acceptors (Lipinski definition) is 5. The van der Waals surface area contributed by atoms with Crippen LogP contribution in [0.5, 0.6) is 0 Å². The first-order valence-corrected chi connectivity index (χ1v) is 6.18. The molecule has 7 heteroatoms. The summed E-state index contributed by atoms with van der Waals surface area (Å²) in [6, 6.07) is 1.99. The normalized spacial score (nSPS) is 12.0. The van der Waals surface area contributed by atoms with Crippen LogP contribution in [0.2, 0.25) is 0 Å². The van der Waals surface area contributed by atoms with Crippen LogP contribution in [0, 0.1) is 6.92 Å². The molecule has 0 fully saturated rings. The van der Waals surface area contributed by atoms with Gasteiger partial charge >= 0.3 is 0 Å². The third-order valence-electron chi connectivity index (χ3n) is 2.94. The van der Waals surface area contributed by atoms with E-state index in [4.69, 9.17) is 10.9 Å². The molecule has 102 valence electrons. The minimum Gasteiger partial charge on any atom is -0.409 e. The molecule has 0 saturated heterocycles. The molecule has 2 rings (SSSR count). The van der Waals surface area contributed by atoms with Gasteiger partial charge in [-0.3, -0.25) is 0 Å². The van der Waals surface area contributed by atoms with Gasteiger partial charge in [-0.1, -0.05) is 5.16 Å². The zero-order valence-corrected chi connectivity index (χ0v) is 11.1. The molecule has 19 heavy (non-hydrogen) atoms. The molecule has 0 atom stereocenters. The Morgan fingerprint density at radius 2 is 2.37 bits per heavy atom. The van der Waals surface area contributed by atoms with Crippen LogP contribution in [0.1, 0.15) is 19.0 Å². The van der Waals surface area contributed by atoms with Gasteiger partial charge in [-0.2, -0.15) is 5.10 Å². The fourth-order valence-corrected chi connectivity index (χ4v) is 1.99. The first-order valence-electron chi connectivity index (χ1n) is 6.18. The van der Waals surface area contributed by atoms with Crippen molar-refractivity contribution in [2.24, 2.45) is 10.9 Å². The minimum atomic E-state index is 0.218. The fourth-order valence-electron chi connectivity index (χ4n) is 1.99. The van der Waals surface area contributed by atoms with Crippen LogP contribution in [-0.4, -0.2) is 38.7 Å². The van der Waals surface area contributed by atoms with Crippen LogP contribution in [0.25, 0.3) is 5.52 Å². The number of nitrogens with zero attached hydrogens (tertiary/aromatic N) is 5.